The molecule has 6 heteroatoms. The van der Waals surface area contributed by atoms with E-state index >= 15 is 0 Å². The third-order valence-corrected chi connectivity index (χ3v) is 2.83. The summed E-state index contributed by atoms with van der Waals surface area (Å²) in [4.78, 5) is 10.2. The summed E-state index contributed by atoms with van der Waals surface area (Å²) in [5.41, 5.74) is 0.866. The minimum absolute atomic E-state index is 0.0238. The molecule has 1 N–H and O–H groups in total. The molecular weight excluding hydrogens is 270 g/mol. The van der Waals surface area contributed by atoms with Crippen molar-refractivity contribution in [2.45, 2.75) is 6.54 Å². The van der Waals surface area contributed by atoms with Crippen molar-refractivity contribution in [2.75, 3.05) is 7.05 Å². The van der Waals surface area contributed by atoms with Crippen molar-refractivity contribution in [3.63, 3.8) is 0 Å². The van der Waals surface area contributed by atoms with Gasteiger partial charge in [0.2, 0.25) is 0 Å². The molecule has 0 heterocycles. The van der Waals surface area contributed by atoms with Crippen LogP contribution in [0.5, 0.6) is 11.5 Å². The summed E-state index contributed by atoms with van der Waals surface area (Å²) >= 11 is 0. The Morgan fingerprint density at radius 1 is 1.24 bits per heavy atom. The molecule has 0 unspecified atom stereocenters. The molecule has 0 spiro atoms. The molecule has 2 aromatic rings. The van der Waals surface area contributed by atoms with E-state index in [0.29, 0.717) is 11.5 Å². The summed E-state index contributed by atoms with van der Waals surface area (Å²) in [6, 6.07) is 13.3. The fraction of sp³-hybridized carbons (Fsp3) is 0.133. The van der Waals surface area contributed by atoms with Crippen LogP contribution >= 0.6 is 0 Å². The van der Waals surface area contributed by atoms with Crippen molar-refractivity contribution < 1.29 is 9.66 Å². The average molecular weight is 283 g/mol. The zero-order valence-corrected chi connectivity index (χ0v) is 11.4. The lowest BCUT2D eigenvalue weighted by Gasteiger charge is -2.07. The zero-order chi connectivity index (χ0) is 15.2. The van der Waals surface area contributed by atoms with Gasteiger partial charge in [-0.05, 0) is 30.8 Å². The van der Waals surface area contributed by atoms with E-state index in [1.165, 1.54) is 18.2 Å². The van der Waals surface area contributed by atoms with Crippen LogP contribution in [0.1, 0.15) is 11.1 Å². The second kappa shape index (κ2) is 6.50. The Morgan fingerprint density at radius 3 is 2.48 bits per heavy atom. The molecular formula is C15H13N3O3. The minimum atomic E-state index is -0.588. The van der Waals surface area contributed by atoms with Crippen LogP contribution in [0.4, 0.5) is 5.69 Å². The molecule has 106 valence electrons. The Morgan fingerprint density at radius 2 is 1.90 bits per heavy atom. The van der Waals surface area contributed by atoms with Gasteiger partial charge >= 0.3 is 0 Å². The van der Waals surface area contributed by atoms with Crippen molar-refractivity contribution in [3.05, 3.63) is 63.7 Å². The lowest BCUT2D eigenvalue weighted by molar-refractivity contribution is -0.385. The first-order chi connectivity index (χ1) is 10.1. The largest absolute Gasteiger partial charge is 0.457 e. The summed E-state index contributed by atoms with van der Waals surface area (Å²) in [5.74, 6) is 0.992. The van der Waals surface area contributed by atoms with Crippen molar-refractivity contribution in [1.29, 1.82) is 5.26 Å². The summed E-state index contributed by atoms with van der Waals surface area (Å²) in [6.45, 7) is 0.760. The summed E-state index contributed by atoms with van der Waals surface area (Å²) in [5, 5.41) is 22.7. The van der Waals surface area contributed by atoms with Crippen molar-refractivity contribution in [2.24, 2.45) is 0 Å². The number of hydrogen-bond acceptors (Lipinski definition) is 5. The molecule has 0 fully saturated rings. The lowest BCUT2D eigenvalue weighted by atomic mass is 10.2. The van der Waals surface area contributed by atoms with E-state index in [9.17, 15) is 10.1 Å². The minimum Gasteiger partial charge on any atom is -0.457 e. The highest BCUT2D eigenvalue weighted by Gasteiger charge is 2.14. The topological polar surface area (TPSA) is 88.2 Å². The van der Waals surface area contributed by atoms with Gasteiger partial charge in [-0.2, -0.15) is 5.26 Å². The zero-order valence-electron chi connectivity index (χ0n) is 11.4. The van der Waals surface area contributed by atoms with Gasteiger partial charge in [-0.3, -0.25) is 10.1 Å². The smallest absolute Gasteiger partial charge is 0.287 e. The number of nitrogens with zero attached hydrogens (tertiary/aromatic N) is 2. The quantitative estimate of drug-likeness (QED) is 0.673. The van der Waals surface area contributed by atoms with Crippen LogP contribution in [0.3, 0.4) is 0 Å². The summed E-state index contributed by atoms with van der Waals surface area (Å²) < 4.78 is 5.59. The van der Waals surface area contributed by atoms with E-state index in [0.717, 1.165) is 12.1 Å². The molecule has 0 saturated heterocycles. The van der Waals surface area contributed by atoms with Crippen molar-refractivity contribution >= 4 is 5.69 Å². The Hall–Kier alpha value is -2.91. The van der Waals surface area contributed by atoms with Crippen LogP contribution in [0, 0.1) is 21.4 Å². The fourth-order valence-electron chi connectivity index (χ4n) is 1.84. The molecule has 0 saturated carbocycles. The first-order valence-electron chi connectivity index (χ1n) is 6.24. The van der Waals surface area contributed by atoms with Crippen LogP contribution in [-0.4, -0.2) is 12.0 Å². The maximum absolute atomic E-state index is 10.8. The number of ether oxygens (including phenoxy) is 1. The van der Waals surface area contributed by atoms with Crippen molar-refractivity contribution in [1.82, 2.24) is 5.32 Å². The monoisotopic (exact) mass is 283 g/mol. The average Bonchev–Trinajstić information content (AvgIpc) is 2.49. The molecule has 0 aliphatic heterocycles. The number of hydrogen-bond donors (Lipinski definition) is 1. The van der Waals surface area contributed by atoms with Gasteiger partial charge in [-0.1, -0.05) is 12.1 Å². The number of rotatable bonds is 5. The highest BCUT2D eigenvalue weighted by molar-refractivity contribution is 5.52. The Balaban J connectivity index is 2.20. The van der Waals surface area contributed by atoms with Gasteiger partial charge in [0, 0.05) is 18.7 Å². The third-order valence-electron chi connectivity index (χ3n) is 2.83. The molecule has 0 aromatic heterocycles. The molecule has 0 radical (unpaired) electrons. The van der Waals surface area contributed by atoms with Crippen LogP contribution < -0.4 is 10.1 Å². The van der Waals surface area contributed by atoms with E-state index in [1.54, 1.807) is 18.2 Å². The third kappa shape index (κ3) is 3.55. The fourth-order valence-corrected chi connectivity index (χ4v) is 1.84. The normalized spacial score (nSPS) is 9.90. The first kappa shape index (κ1) is 14.5. The molecule has 21 heavy (non-hydrogen) atoms. The molecule has 0 aliphatic carbocycles. The van der Waals surface area contributed by atoms with Gasteiger partial charge in [0.15, 0.2) is 0 Å². The second-order valence-corrected chi connectivity index (χ2v) is 4.32. The number of benzene rings is 2. The van der Waals surface area contributed by atoms with Gasteiger partial charge in [0.05, 0.1) is 4.92 Å². The summed E-state index contributed by atoms with van der Waals surface area (Å²) in [7, 11) is 1.87. The van der Waals surface area contributed by atoms with Crippen LogP contribution in [0.25, 0.3) is 0 Å². The predicted octanol–water partition coefficient (Wildman–Crippen LogP) is 2.98. The van der Waals surface area contributed by atoms with E-state index in [2.05, 4.69) is 5.32 Å². The molecule has 0 aliphatic rings. The Kier molecular flexibility index (Phi) is 4.49. The van der Waals surface area contributed by atoms with E-state index < -0.39 is 4.92 Å². The SMILES string of the molecule is CNCc1ccc(Oc2ccc([N+](=O)[O-])c(C#N)c2)cc1. The van der Waals surface area contributed by atoms with Gasteiger partial charge in [0.25, 0.3) is 5.69 Å². The lowest BCUT2D eigenvalue weighted by Crippen LogP contribution is -2.04. The van der Waals surface area contributed by atoms with Gasteiger partial charge in [-0.25, -0.2) is 0 Å². The molecule has 6 nitrogen and oxygen atoms in total. The molecule has 0 atom stereocenters. The molecule has 2 rings (SSSR count). The summed E-state index contributed by atoms with van der Waals surface area (Å²) in [6.07, 6.45) is 0. The molecule has 2 aromatic carbocycles. The second-order valence-electron chi connectivity index (χ2n) is 4.32. The molecule has 0 bridgehead atoms. The number of nitrogens with one attached hydrogen (secondary N) is 1. The van der Waals surface area contributed by atoms with E-state index in [-0.39, 0.29) is 11.3 Å². The highest BCUT2D eigenvalue weighted by Crippen LogP contribution is 2.27. The number of nitriles is 1. The van der Waals surface area contributed by atoms with Gasteiger partial charge < -0.3 is 10.1 Å². The van der Waals surface area contributed by atoms with Crippen molar-refractivity contribution in [3.8, 4) is 17.6 Å². The van der Waals surface area contributed by atoms with E-state index in [4.69, 9.17) is 10.00 Å². The maximum atomic E-state index is 10.8. The Bertz CT molecular complexity index is 690. The number of nitro benzene ring substituents is 1. The van der Waals surface area contributed by atoms with Gasteiger partial charge in [-0.15, -0.1) is 0 Å². The highest BCUT2D eigenvalue weighted by atomic mass is 16.6. The van der Waals surface area contributed by atoms with Crippen LogP contribution in [0.15, 0.2) is 42.5 Å². The van der Waals surface area contributed by atoms with Crippen LogP contribution in [0.2, 0.25) is 0 Å². The molecule has 0 amide bonds. The van der Waals surface area contributed by atoms with Crippen LogP contribution in [-0.2, 0) is 6.54 Å². The first-order valence-corrected chi connectivity index (χ1v) is 6.24. The standard InChI is InChI=1S/C15H13N3O3/c1-17-10-11-2-4-13(5-3-11)21-14-6-7-15(18(19)20)12(8-14)9-16/h2-8,17H,10H2,1H3. The number of nitro groups is 1. The van der Waals surface area contributed by atoms with Gasteiger partial charge in [0.1, 0.15) is 23.1 Å². The predicted molar refractivity (Wildman–Crippen MR) is 77.1 cm³/mol. The Labute approximate surface area is 121 Å². The van der Waals surface area contributed by atoms with E-state index in [1.807, 2.05) is 19.2 Å². The maximum Gasteiger partial charge on any atom is 0.287 e.